The van der Waals surface area contributed by atoms with Crippen LogP contribution < -0.4 is 5.32 Å². The molecule has 1 aromatic rings. The molecule has 5 heteroatoms. The number of hydrogen-bond acceptors (Lipinski definition) is 2. The summed E-state index contributed by atoms with van der Waals surface area (Å²) in [7, 11) is 0. The summed E-state index contributed by atoms with van der Waals surface area (Å²) in [5.74, 6) is 0.216. The smallest absolute Gasteiger partial charge is 0.227 e. The third kappa shape index (κ3) is 1.89. The molecule has 3 fully saturated rings. The molecular formula is C17H19ClN2O2. The minimum Gasteiger partial charge on any atom is -0.329 e. The monoisotopic (exact) mass is 318 g/mol. The van der Waals surface area contributed by atoms with Gasteiger partial charge in [-0.25, -0.2) is 0 Å². The second-order valence-electron chi connectivity index (χ2n) is 6.58. The van der Waals surface area contributed by atoms with Gasteiger partial charge in [-0.15, -0.1) is 0 Å². The molecule has 1 aliphatic carbocycles. The molecule has 1 saturated carbocycles. The number of carbonyl (C=O) groups is 2. The lowest BCUT2D eigenvalue weighted by Crippen LogP contribution is -2.68. The number of nitrogens with one attached hydrogen (secondary N) is 1. The highest BCUT2D eigenvalue weighted by molar-refractivity contribution is 6.30. The van der Waals surface area contributed by atoms with Gasteiger partial charge in [-0.2, -0.15) is 0 Å². The van der Waals surface area contributed by atoms with Crippen LogP contribution in [0.15, 0.2) is 24.3 Å². The van der Waals surface area contributed by atoms with E-state index in [0.29, 0.717) is 17.9 Å². The van der Waals surface area contributed by atoms with Gasteiger partial charge in [-0.05, 0) is 30.5 Å². The van der Waals surface area contributed by atoms with Gasteiger partial charge in [0.05, 0.1) is 5.92 Å². The fourth-order valence-corrected chi connectivity index (χ4v) is 4.56. The molecule has 1 N–H and O–H groups in total. The highest BCUT2D eigenvalue weighted by Crippen LogP contribution is 2.46. The van der Waals surface area contributed by atoms with Crippen molar-refractivity contribution in [3.8, 4) is 0 Å². The van der Waals surface area contributed by atoms with Crippen LogP contribution in [-0.2, 0) is 15.3 Å². The minimum absolute atomic E-state index is 0.0452. The van der Waals surface area contributed by atoms with Crippen molar-refractivity contribution in [1.29, 1.82) is 0 Å². The fourth-order valence-electron chi connectivity index (χ4n) is 4.44. The van der Waals surface area contributed by atoms with Gasteiger partial charge in [0.2, 0.25) is 11.8 Å². The maximum atomic E-state index is 12.6. The number of rotatable bonds is 1. The Balaban J connectivity index is 1.81. The summed E-state index contributed by atoms with van der Waals surface area (Å²) >= 11 is 5.99. The zero-order valence-electron chi connectivity index (χ0n) is 12.3. The molecule has 3 aliphatic rings. The van der Waals surface area contributed by atoms with Gasteiger partial charge >= 0.3 is 0 Å². The van der Waals surface area contributed by atoms with Crippen molar-refractivity contribution in [3.05, 3.63) is 34.9 Å². The average molecular weight is 319 g/mol. The first kappa shape index (κ1) is 14.1. The molecule has 3 atom stereocenters. The van der Waals surface area contributed by atoms with Crippen molar-refractivity contribution >= 4 is 23.4 Å². The van der Waals surface area contributed by atoms with Crippen LogP contribution in [0.5, 0.6) is 0 Å². The second kappa shape index (κ2) is 4.98. The molecule has 1 aromatic carbocycles. The van der Waals surface area contributed by atoms with E-state index in [4.69, 9.17) is 11.6 Å². The van der Waals surface area contributed by atoms with Gasteiger partial charge in [-0.1, -0.05) is 36.6 Å². The molecular weight excluding hydrogens is 300 g/mol. The molecule has 0 radical (unpaired) electrons. The van der Waals surface area contributed by atoms with Gasteiger partial charge in [0.25, 0.3) is 0 Å². The van der Waals surface area contributed by atoms with E-state index in [1.165, 1.54) is 0 Å². The molecule has 2 saturated heterocycles. The lowest BCUT2D eigenvalue weighted by Gasteiger charge is -2.52. The molecule has 4 rings (SSSR count). The first-order valence-electron chi connectivity index (χ1n) is 8.02. The molecule has 22 heavy (non-hydrogen) atoms. The Morgan fingerprint density at radius 1 is 1.14 bits per heavy atom. The molecule has 2 amide bonds. The summed E-state index contributed by atoms with van der Waals surface area (Å²) in [6, 6.07) is 7.56. The summed E-state index contributed by atoms with van der Waals surface area (Å²) in [5.41, 5.74) is 0.289. The Hall–Kier alpha value is -1.55. The maximum Gasteiger partial charge on any atom is 0.227 e. The number of amides is 2. The van der Waals surface area contributed by atoms with Gasteiger partial charge in [-0.3, -0.25) is 9.59 Å². The highest BCUT2D eigenvalue weighted by Gasteiger charge is 2.57. The fraction of sp³-hybridized carbons (Fsp3) is 0.529. The first-order valence-corrected chi connectivity index (χ1v) is 8.40. The van der Waals surface area contributed by atoms with E-state index < -0.39 is 5.66 Å². The molecule has 2 heterocycles. The van der Waals surface area contributed by atoms with Gasteiger partial charge < -0.3 is 10.2 Å². The number of benzene rings is 1. The topological polar surface area (TPSA) is 49.4 Å². The molecule has 0 unspecified atom stereocenters. The van der Waals surface area contributed by atoms with Crippen molar-refractivity contribution in [3.63, 3.8) is 0 Å². The van der Waals surface area contributed by atoms with Crippen LogP contribution in [-0.4, -0.2) is 22.8 Å². The Morgan fingerprint density at radius 3 is 2.64 bits per heavy atom. The molecule has 0 aromatic heterocycles. The van der Waals surface area contributed by atoms with Crippen LogP contribution in [0.25, 0.3) is 0 Å². The van der Waals surface area contributed by atoms with E-state index in [9.17, 15) is 9.59 Å². The second-order valence-corrected chi connectivity index (χ2v) is 7.01. The zero-order chi connectivity index (χ0) is 15.3. The summed E-state index contributed by atoms with van der Waals surface area (Å²) < 4.78 is 0. The molecule has 116 valence electrons. The normalized spacial score (nSPS) is 34.1. The lowest BCUT2D eigenvalue weighted by molar-refractivity contribution is -0.154. The minimum atomic E-state index is -0.669. The molecule has 4 nitrogen and oxygen atoms in total. The van der Waals surface area contributed by atoms with Crippen LogP contribution in [0.2, 0.25) is 5.02 Å². The number of nitrogens with zero attached hydrogens (tertiary/aromatic N) is 1. The van der Waals surface area contributed by atoms with E-state index >= 15 is 0 Å². The van der Waals surface area contributed by atoms with Crippen LogP contribution in [0.1, 0.15) is 44.1 Å². The van der Waals surface area contributed by atoms with Crippen LogP contribution in [0.3, 0.4) is 0 Å². The van der Waals surface area contributed by atoms with E-state index in [-0.39, 0.29) is 23.8 Å². The Kier molecular flexibility index (Phi) is 3.19. The Morgan fingerprint density at radius 2 is 1.86 bits per heavy atom. The van der Waals surface area contributed by atoms with Crippen molar-refractivity contribution in [1.82, 2.24) is 10.2 Å². The van der Waals surface area contributed by atoms with E-state index in [1.807, 2.05) is 29.2 Å². The molecule has 0 spiro atoms. The van der Waals surface area contributed by atoms with Crippen LogP contribution >= 0.6 is 11.6 Å². The van der Waals surface area contributed by atoms with Crippen LogP contribution in [0.4, 0.5) is 0 Å². The average Bonchev–Trinajstić information content (AvgIpc) is 2.86. The summed E-state index contributed by atoms with van der Waals surface area (Å²) in [6.45, 7) is 0. The molecule has 0 bridgehead atoms. The number of carbonyl (C=O) groups excluding carboxylic acids is 2. The van der Waals surface area contributed by atoms with Gasteiger partial charge in [0.15, 0.2) is 0 Å². The zero-order valence-corrected chi connectivity index (χ0v) is 13.1. The summed E-state index contributed by atoms with van der Waals surface area (Å²) in [6.07, 6.45) is 5.12. The van der Waals surface area contributed by atoms with E-state index in [0.717, 1.165) is 31.2 Å². The van der Waals surface area contributed by atoms with E-state index in [1.54, 1.807) is 0 Å². The summed E-state index contributed by atoms with van der Waals surface area (Å²) in [5, 5.41) is 3.84. The van der Waals surface area contributed by atoms with Gasteiger partial charge in [0.1, 0.15) is 5.66 Å². The van der Waals surface area contributed by atoms with Crippen molar-refractivity contribution < 1.29 is 9.59 Å². The lowest BCUT2D eigenvalue weighted by atomic mass is 9.78. The molecule has 2 aliphatic heterocycles. The number of hydrogen-bond donors (Lipinski definition) is 1. The van der Waals surface area contributed by atoms with Crippen molar-refractivity contribution in [2.75, 3.05) is 0 Å². The first-order chi connectivity index (χ1) is 10.6. The Labute approximate surface area is 134 Å². The predicted molar refractivity (Wildman–Crippen MR) is 83.1 cm³/mol. The SMILES string of the molecule is O=C1N[C@]2(c3ccc(Cl)cc3)CCC(=O)N2[C@H]2CCCC[C@@H]12. The summed E-state index contributed by atoms with van der Waals surface area (Å²) in [4.78, 5) is 27.2. The Bertz CT molecular complexity index is 630. The number of halogens is 1. The van der Waals surface area contributed by atoms with Gasteiger partial charge in [0, 0.05) is 23.9 Å². The standard InChI is InChI=1S/C17H19ClN2O2/c18-12-7-5-11(6-8-12)17-10-9-15(21)20(17)14-4-2-1-3-13(14)16(22)19-17/h5-8,13-14H,1-4,9-10H2,(H,19,22)/t13-,14+,17-/m1/s1. The predicted octanol–water partition coefficient (Wildman–Crippen LogP) is 2.80. The highest BCUT2D eigenvalue weighted by atomic mass is 35.5. The number of fused-ring (bicyclic) bond motifs is 3. The largest absolute Gasteiger partial charge is 0.329 e. The van der Waals surface area contributed by atoms with Crippen LogP contribution in [0, 0.1) is 5.92 Å². The third-order valence-electron chi connectivity index (χ3n) is 5.43. The maximum absolute atomic E-state index is 12.6. The van der Waals surface area contributed by atoms with Crippen molar-refractivity contribution in [2.24, 2.45) is 5.92 Å². The quantitative estimate of drug-likeness (QED) is 0.865. The third-order valence-corrected chi connectivity index (χ3v) is 5.68. The van der Waals surface area contributed by atoms with E-state index in [2.05, 4.69) is 5.32 Å². The van der Waals surface area contributed by atoms with Crippen molar-refractivity contribution in [2.45, 2.75) is 50.2 Å².